The zero-order valence-electron chi connectivity index (χ0n) is 13.3. The first kappa shape index (κ1) is 15.3. The molecule has 0 spiro atoms. The van der Waals surface area contributed by atoms with Gasteiger partial charge in [-0.05, 0) is 64.0 Å². The van der Waals surface area contributed by atoms with Gasteiger partial charge < -0.3 is 9.31 Å². The molecule has 5 heteroatoms. The van der Waals surface area contributed by atoms with E-state index < -0.39 is 18.3 Å². The Morgan fingerprint density at radius 3 is 2.48 bits per heavy atom. The van der Waals surface area contributed by atoms with Crippen LogP contribution < -0.4 is 0 Å². The van der Waals surface area contributed by atoms with Crippen LogP contribution in [0.1, 0.15) is 50.5 Å². The summed E-state index contributed by atoms with van der Waals surface area (Å²) in [5, 5.41) is 2.11. The minimum Gasteiger partial charge on any atom is -0.398 e. The molecule has 0 N–H and O–H groups in total. The zero-order valence-corrected chi connectivity index (χ0v) is 14.1. The number of allylic oxidation sites excluding steroid dienone is 1. The average Bonchev–Trinajstić information content (AvgIpc) is 2.90. The Morgan fingerprint density at radius 1 is 1.33 bits per heavy atom. The van der Waals surface area contributed by atoms with E-state index >= 15 is 0 Å². The topological polar surface area (TPSA) is 18.5 Å². The van der Waals surface area contributed by atoms with Crippen LogP contribution in [0.3, 0.4) is 0 Å². The fraction of sp³-hybridized carbons (Fsp3) is 0.625. The molecule has 2 heterocycles. The molecule has 2 nitrogen and oxygen atoms in total. The molecule has 0 radical (unpaired) electrons. The van der Waals surface area contributed by atoms with Gasteiger partial charge in [-0.15, -0.1) is 11.3 Å². The molecule has 1 saturated carbocycles. The Kier molecular flexibility index (Phi) is 3.58. The largest absolute Gasteiger partial charge is 0.524 e. The van der Waals surface area contributed by atoms with E-state index in [9.17, 15) is 4.39 Å². The second-order valence-corrected chi connectivity index (χ2v) is 8.06. The van der Waals surface area contributed by atoms with E-state index in [2.05, 4.69) is 18.4 Å². The standard InChI is InChI=1S/C16H22BFO2S/c1-10-6-7-21-14(10)12-8-11(12)9-13(18)17-19-15(2,3)16(4,5)20-17/h6-7,9,11-12H,8H2,1-5H3. The van der Waals surface area contributed by atoms with E-state index in [4.69, 9.17) is 9.31 Å². The van der Waals surface area contributed by atoms with Gasteiger partial charge in [-0.1, -0.05) is 6.08 Å². The summed E-state index contributed by atoms with van der Waals surface area (Å²) in [6.45, 7) is 9.88. The molecule has 1 saturated heterocycles. The van der Waals surface area contributed by atoms with Crippen LogP contribution in [0.2, 0.25) is 0 Å². The van der Waals surface area contributed by atoms with Gasteiger partial charge >= 0.3 is 7.12 Å². The summed E-state index contributed by atoms with van der Waals surface area (Å²) in [6.07, 6.45) is 2.72. The maximum absolute atomic E-state index is 14.4. The number of aryl methyl sites for hydroxylation is 1. The first-order valence-corrected chi connectivity index (χ1v) is 8.36. The summed E-state index contributed by atoms with van der Waals surface area (Å²) in [4.78, 5) is 1.39. The molecule has 0 amide bonds. The number of thiophene rings is 1. The lowest BCUT2D eigenvalue weighted by molar-refractivity contribution is 0.00578. The van der Waals surface area contributed by atoms with Crippen molar-refractivity contribution in [2.75, 3.05) is 0 Å². The molecular formula is C16H22BFO2S. The molecular weight excluding hydrogens is 286 g/mol. The SMILES string of the molecule is Cc1ccsc1C1CC1C=C(F)B1OC(C)(C)C(C)(C)O1. The van der Waals surface area contributed by atoms with E-state index in [-0.39, 0.29) is 11.6 Å². The average molecular weight is 308 g/mol. The van der Waals surface area contributed by atoms with E-state index in [1.807, 2.05) is 27.7 Å². The molecule has 3 rings (SSSR count). The van der Waals surface area contributed by atoms with Crippen molar-refractivity contribution in [2.24, 2.45) is 5.92 Å². The van der Waals surface area contributed by atoms with Gasteiger partial charge in [0.2, 0.25) is 0 Å². The molecule has 1 aliphatic carbocycles. The summed E-state index contributed by atoms with van der Waals surface area (Å²) < 4.78 is 25.9. The normalized spacial score (nSPS) is 30.8. The summed E-state index contributed by atoms with van der Waals surface area (Å²) in [5.74, 6) is 0.750. The lowest BCUT2D eigenvalue weighted by atomic mass is 9.87. The minimum atomic E-state index is -0.860. The highest BCUT2D eigenvalue weighted by Crippen LogP contribution is 2.52. The Balaban J connectivity index is 1.68. The second kappa shape index (κ2) is 4.93. The Morgan fingerprint density at radius 2 is 1.95 bits per heavy atom. The second-order valence-electron chi connectivity index (χ2n) is 7.11. The number of hydrogen-bond acceptors (Lipinski definition) is 3. The number of halogens is 1. The summed E-state index contributed by atoms with van der Waals surface area (Å²) in [6, 6.07) is 2.13. The minimum absolute atomic E-state index is 0.279. The van der Waals surface area contributed by atoms with Gasteiger partial charge in [0.1, 0.15) is 5.73 Å². The molecule has 0 bridgehead atoms. The maximum atomic E-state index is 14.4. The highest BCUT2D eigenvalue weighted by atomic mass is 32.1. The van der Waals surface area contributed by atoms with Crippen molar-refractivity contribution in [3.8, 4) is 0 Å². The van der Waals surface area contributed by atoms with Crippen molar-refractivity contribution in [1.29, 1.82) is 0 Å². The highest BCUT2D eigenvalue weighted by molar-refractivity contribution is 7.10. The first-order valence-electron chi connectivity index (χ1n) is 7.48. The van der Waals surface area contributed by atoms with Crippen LogP contribution in [-0.2, 0) is 9.31 Å². The molecule has 114 valence electrons. The van der Waals surface area contributed by atoms with E-state index in [0.717, 1.165) is 6.42 Å². The fourth-order valence-corrected chi connectivity index (χ4v) is 3.82. The van der Waals surface area contributed by atoms with Crippen molar-refractivity contribution >= 4 is 18.5 Å². The Bertz CT molecular complexity index is 563. The Hall–Kier alpha value is -0.645. The van der Waals surface area contributed by atoms with Gasteiger partial charge in [-0.3, -0.25) is 0 Å². The lowest BCUT2D eigenvalue weighted by Crippen LogP contribution is -2.41. The lowest BCUT2D eigenvalue weighted by Gasteiger charge is -2.32. The number of rotatable bonds is 3. The van der Waals surface area contributed by atoms with Gasteiger partial charge in [-0.25, -0.2) is 4.39 Å². The van der Waals surface area contributed by atoms with Crippen LogP contribution in [0.15, 0.2) is 23.2 Å². The van der Waals surface area contributed by atoms with Gasteiger partial charge in [0.15, 0.2) is 0 Å². The Labute approximate surface area is 130 Å². The van der Waals surface area contributed by atoms with Crippen molar-refractivity contribution < 1.29 is 13.7 Å². The van der Waals surface area contributed by atoms with Gasteiger partial charge in [0.05, 0.1) is 11.2 Å². The van der Waals surface area contributed by atoms with Crippen LogP contribution in [0.25, 0.3) is 0 Å². The van der Waals surface area contributed by atoms with Crippen LogP contribution in [0, 0.1) is 12.8 Å². The van der Waals surface area contributed by atoms with Crippen LogP contribution >= 0.6 is 11.3 Å². The van der Waals surface area contributed by atoms with Crippen molar-refractivity contribution in [1.82, 2.24) is 0 Å². The van der Waals surface area contributed by atoms with E-state index in [1.165, 1.54) is 10.4 Å². The third kappa shape index (κ3) is 2.71. The molecule has 2 aliphatic rings. The van der Waals surface area contributed by atoms with E-state index in [0.29, 0.717) is 5.92 Å². The zero-order chi connectivity index (χ0) is 15.4. The van der Waals surface area contributed by atoms with Crippen LogP contribution in [-0.4, -0.2) is 18.3 Å². The van der Waals surface area contributed by atoms with Crippen molar-refractivity contribution in [3.63, 3.8) is 0 Å². The number of hydrogen-bond donors (Lipinski definition) is 0. The molecule has 0 aromatic carbocycles. The first-order chi connectivity index (χ1) is 9.71. The summed E-state index contributed by atoms with van der Waals surface area (Å²) >= 11 is 1.77. The fourth-order valence-electron chi connectivity index (χ4n) is 2.70. The quantitative estimate of drug-likeness (QED) is 0.757. The third-order valence-corrected chi connectivity index (χ3v) is 6.08. The van der Waals surface area contributed by atoms with Crippen LogP contribution in [0.4, 0.5) is 4.39 Å². The van der Waals surface area contributed by atoms with Crippen LogP contribution in [0.5, 0.6) is 0 Å². The molecule has 1 aliphatic heterocycles. The predicted octanol–water partition coefficient (Wildman–Crippen LogP) is 4.64. The molecule has 2 atom stereocenters. The predicted molar refractivity (Wildman–Crippen MR) is 85.2 cm³/mol. The smallest absolute Gasteiger partial charge is 0.398 e. The van der Waals surface area contributed by atoms with Gasteiger partial charge in [-0.2, -0.15) is 0 Å². The summed E-state index contributed by atoms with van der Waals surface area (Å²) in [7, 11) is -0.860. The summed E-state index contributed by atoms with van der Waals surface area (Å²) in [5.41, 5.74) is 0.0547. The molecule has 2 unspecified atom stereocenters. The van der Waals surface area contributed by atoms with Crippen molar-refractivity contribution in [3.05, 3.63) is 33.7 Å². The monoisotopic (exact) mass is 308 g/mol. The molecule has 2 fully saturated rings. The maximum Gasteiger partial charge on any atom is 0.524 e. The van der Waals surface area contributed by atoms with Gasteiger partial charge in [0.25, 0.3) is 0 Å². The van der Waals surface area contributed by atoms with Gasteiger partial charge in [0, 0.05) is 10.8 Å². The molecule has 1 aromatic heterocycles. The van der Waals surface area contributed by atoms with E-state index in [1.54, 1.807) is 17.4 Å². The third-order valence-electron chi connectivity index (χ3n) is 4.93. The molecule has 1 aromatic rings. The van der Waals surface area contributed by atoms with Crippen molar-refractivity contribution in [2.45, 2.75) is 58.2 Å². The molecule has 21 heavy (non-hydrogen) atoms. The highest BCUT2D eigenvalue weighted by Gasteiger charge is 2.53.